The van der Waals surface area contributed by atoms with Crippen molar-refractivity contribution in [2.45, 2.75) is 52.0 Å². The molecule has 3 aromatic rings. The van der Waals surface area contributed by atoms with Crippen molar-refractivity contribution in [1.29, 1.82) is 0 Å². The fourth-order valence-electron chi connectivity index (χ4n) is 3.88. The lowest BCUT2D eigenvalue weighted by atomic mass is 10.1. The summed E-state index contributed by atoms with van der Waals surface area (Å²) in [5, 5.41) is 12.7. The molecule has 0 aliphatic heterocycles. The zero-order chi connectivity index (χ0) is 25.0. The Kier molecular flexibility index (Phi) is 7.54. The van der Waals surface area contributed by atoms with E-state index in [4.69, 9.17) is 4.98 Å². The largest absolute Gasteiger partial charge is 0.478 e. The van der Waals surface area contributed by atoms with Gasteiger partial charge in [0.25, 0.3) is 5.56 Å². The standard InChI is InChI=1S/C25H30F2N4O3/c1-16-13-19(17(2)28-20-10-6-5-9-18(20)24(33)34)23-29-21(14-22(32)31(23)15-16)30(4)12-8-7-11-25(3,26)27/h5-6,9-10,13-15,17,28H,7-8,11-12H2,1-4H3,(H,33,34). The summed E-state index contributed by atoms with van der Waals surface area (Å²) >= 11 is 0. The van der Waals surface area contributed by atoms with Gasteiger partial charge in [-0.25, -0.2) is 18.6 Å². The van der Waals surface area contributed by atoms with Crippen LogP contribution in [0.15, 0.2) is 47.4 Å². The molecule has 9 heteroatoms. The van der Waals surface area contributed by atoms with E-state index >= 15 is 0 Å². The average molecular weight is 473 g/mol. The van der Waals surface area contributed by atoms with E-state index < -0.39 is 11.9 Å². The van der Waals surface area contributed by atoms with Gasteiger partial charge >= 0.3 is 5.97 Å². The Labute approximate surface area is 197 Å². The monoisotopic (exact) mass is 472 g/mol. The van der Waals surface area contributed by atoms with Crippen molar-refractivity contribution in [2.75, 3.05) is 23.8 Å². The molecule has 7 nitrogen and oxygen atoms in total. The number of anilines is 2. The molecule has 0 saturated heterocycles. The fraction of sp³-hybridized carbons (Fsp3) is 0.400. The zero-order valence-corrected chi connectivity index (χ0v) is 19.8. The van der Waals surface area contributed by atoms with Crippen molar-refractivity contribution >= 4 is 23.1 Å². The van der Waals surface area contributed by atoms with Crippen LogP contribution in [0.25, 0.3) is 5.65 Å². The van der Waals surface area contributed by atoms with Gasteiger partial charge in [0.2, 0.25) is 5.92 Å². The van der Waals surface area contributed by atoms with Gasteiger partial charge in [-0.3, -0.25) is 9.20 Å². The van der Waals surface area contributed by atoms with Crippen molar-refractivity contribution < 1.29 is 18.7 Å². The van der Waals surface area contributed by atoms with E-state index in [1.54, 1.807) is 36.3 Å². The number of rotatable bonds is 10. The number of unbranched alkanes of at least 4 members (excludes halogenated alkanes) is 1. The summed E-state index contributed by atoms with van der Waals surface area (Å²) in [5.41, 5.74) is 2.40. The maximum Gasteiger partial charge on any atom is 0.337 e. The molecule has 2 aromatic heterocycles. The molecular weight excluding hydrogens is 442 g/mol. The highest BCUT2D eigenvalue weighted by molar-refractivity contribution is 5.94. The van der Waals surface area contributed by atoms with Gasteiger partial charge in [-0.2, -0.15) is 0 Å². The summed E-state index contributed by atoms with van der Waals surface area (Å²) in [6, 6.07) is 9.62. The van der Waals surface area contributed by atoms with Crippen LogP contribution < -0.4 is 15.8 Å². The Morgan fingerprint density at radius 3 is 2.65 bits per heavy atom. The lowest BCUT2D eigenvalue weighted by Gasteiger charge is -2.22. The lowest BCUT2D eigenvalue weighted by molar-refractivity contribution is 0.0106. The van der Waals surface area contributed by atoms with Crippen molar-refractivity contribution in [3.05, 3.63) is 69.6 Å². The number of benzene rings is 1. The number of aromatic nitrogens is 2. The molecule has 2 heterocycles. The first-order valence-electron chi connectivity index (χ1n) is 11.2. The number of carbonyl (C=O) groups is 1. The molecule has 182 valence electrons. The molecule has 1 aromatic carbocycles. The molecular formula is C25H30F2N4O3. The van der Waals surface area contributed by atoms with Gasteiger partial charge in [0, 0.05) is 43.5 Å². The number of carboxylic acid groups (broad SMARTS) is 1. The molecule has 0 aliphatic carbocycles. The molecule has 0 radical (unpaired) electrons. The molecule has 0 amide bonds. The van der Waals surface area contributed by atoms with Crippen LogP contribution in [0.4, 0.5) is 20.3 Å². The van der Waals surface area contributed by atoms with E-state index in [-0.39, 0.29) is 23.6 Å². The number of carboxylic acids is 1. The quantitative estimate of drug-likeness (QED) is 0.398. The summed E-state index contributed by atoms with van der Waals surface area (Å²) < 4.78 is 27.6. The van der Waals surface area contributed by atoms with Gasteiger partial charge in [-0.15, -0.1) is 0 Å². The predicted molar refractivity (Wildman–Crippen MR) is 129 cm³/mol. The fourth-order valence-corrected chi connectivity index (χ4v) is 3.88. The van der Waals surface area contributed by atoms with E-state index in [0.29, 0.717) is 36.5 Å². The number of aromatic carboxylic acids is 1. The number of nitrogens with one attached hydrogen (secondary N) is 1. The van der Waals surface area contributed by atoms with Crippen LogP contribution in [0.5, 0.6) is 0 Å². The first kappa shape index (κ1) is 25.1. The molecule has 1 atom stereocenters. The van der Waals surface area contributed by atoms with Crippen LogP contribution >= 0.6 is 0 Å². The second-order valence-electron chi connectivity index (χ2n) is 8.78. The van der Waals surface area contributed by atoms with Crippen molar-refractivity contribution in [2.24, 2.45) is 0 Å². The van der Waals surface area contributed by atoms with Gasteiger partial charge in [0.15, 0.2) is 0 Å². The number of hydrogen-bond acceptors (Lipinski definition) is 5. The van der Waals surface area contributed by atoms with E-state index in [9.17, 15) is 23.5 Å². The molecule has 2 N–H and O–H groups in total. The summed E-state index contributed by atoms with van der Waals surface area (Å²) in [7, 11) is 1.78. The van der Waals surface area contributed by atoms with Crippen LogP contribution in [0.2, 0.25) is 0 Å². The Morgan fingerprint density at radius 2 is 1.97 bits per heavy atom. The predicted octanol–water partition coefficient (Wildman–Crippen LogP) is 5.14. The van der Waals surface area contributed by atoms with Crippen LogP contribution in [0.1, 0.15) is 60.6 Å². The highest BCUT2D eigenvalue weighted by Gasteiger charge is 2.20. The molecule has 34 heavy (non-hydrogen) atoms. The number of alkyl halides is 2. The molecule has 3 rings (SSSR count). The van der Waals surface area contributed by atoms with Gasteiger partial charge in [-0.05, 0) is 57.4 Å². The molecule has 0 fully saturated rings. The van der Waals surface area contributed by atoms with E-state index in [1.165, 1.54) is 16.5 Å². The Bertz CT molecular complexity index is 1240. The molecule has 1 unspecified atom stereocenters. The minimum Gasteiger partial charge on any atom is -0.478 e. The number of para-hydroxylation sites is 1. The third-order valence-corrected chi connectivity index (χ3v) is 5.66. The summed E-state index contributed by atoms with van der Waals surface area (Å²) in [6.45, 7) is 5.15. The number of nitrogens with zero attached hydrogens (tertiary/aromatic N) is 3. The minimum atomic E-state index is -2.69. The normalized spacial score (nSPS) is 12.5. The summed E-state index contributed by atoms with van der Waals surface area (Å²) in [6.07, 6.45) is 2.44. The van der Waals surface area contributed by atoms with E-state index in [0.717, 1.165) is 18.1 Å². The summed E-state index contributed by atoms with van der Waals surface area (Å²) in [4.78, 5) is 31.0. The first-order valence-corrected chi connectivity index (χ1v) is 11.2. The second-order valence-corrected chi connectivity index (χ2v) is 8.78. The Hall–Kier alpha value is -3.49. The molecule has 0 aliphatic rings. The van der Waals surface area contributed by atoms with Crippen molar-refractivity contribution in [1.82, 2.24) is 9.38 Å². The van der Waals surface area contributed by atoms with E-state index in [1.807, 2.05) is 19.9 Å². The Morgan fingerprint density at radius 1 is 1.26 bits per heavy atom. The van der Waals surface area contributed by atoms with Crippen LogP contribution in [0.3, 0.4) is 0 Å². The van der Waals surface area contributed by atoms with Gasteiger partial charge in [0.1, 0.15) is 11.5 Å². The lowest BCUT2D eigenvalue weighted by Crippen LogP contribution is -2.25. The third kappa shape index (κ3) is 6.09. The highest BCUT2D eigenvalue weighted by atomic mass is 19.3. The number of pyridine rings is 1. The average Bonchev–Trinajstić information content (AvgIpc) is 2.76. The number of halogens is 2. The minimum absolute atomic E-state index is 0.148. The third-order valence-electron chi connectivity index (χ3n) is 5.66. The molecule has 0 saturated carbocycles. The first-order chi connectivity index (χ1) is 16.0. The van der Waals surface area contributed by atoms with Crippen LogP contribution in [-0.2, 0) is 0 Å². The van der Waals surface area contributed by atoms with Crippen molar-refractivity contribution in [3.8, 4) is 0 Å². The van der Waals surface area contributed by atoms with Crippen LogP contribution in [-0.4, -0.2) is 40.0 Å². The molecule has 0 spiro atoms. The molecule has 0 bridgehead atoms. The second kappa shape index (κ2) is 10.2. The smallest absolute Gasteiger partial charge is 0.337 e. The maximum atomic E-state index is 13.1. The number of aryl methyl sites for hydroxylation is 1. The SMILES string of the molecule is Cc1cc(C(C)Nc2ccccc2C(=O)O)c2nc(N(C)CCCCC(C)(F)F)cc(=O)n2c1. The van der Waals surface area contributed by atoms with Crippen LogP contribution in [0, 0.1) is 6.92 Å². The number of fused-ring (bicyclic) bond motifs is 1. The van der Waals surface area contributed by atoms with Gasteiger partial charge in [0.05, 0.1) is 11.6 Å². The number of hydrogen-bond donors (Lipinski definition) is 2. The van der Waals surface area contributed by atoms with Gasteiger partial charge in [-0.1, -0.05) is 12.1 Å². The topological polar surface area (TPSA) is 86.9 Å². The van der Waals surface area contributed by atoms with E-state index in [2.05, 4.69) is 5.32 Å². The summed E-state index contributed by atoms with van der Waals surface area (Å²) in [5.74, 6) is -3.27. The highest BCUT2D eigenvalue weighted by Crippen LogP contribution is 2.26. The maximum absolute atomic E-state index is 13.1. The Balaban J connectivity index is 1.92. The van der Waals surface area contributed by atoms with Gasteiger partial charge < -0.3 is 15.3 Å². The zero-order valence-electron chi connectivity index (χ0n) is 19.8. The van der Waals surface area contributed by atoms with Crippen molar-refractivity contribution in [3.63, 3.8) is 0 Å².